The van der Waals surface area contributed by atoms with Crippen LogP contribution in [0.25, 0.3) is 0 Å². The van der Waals surface area contributed by atoms with Crippen LogP contribution in [0.1, 0.15) is 51.1 Å². The Bertz CT molecular complexity index is 820. The second-order valence-corrected chi connectivity index (χ2v) is 8.00. The Kier molecular flexibility index (Phi) is 5.83. The van der Waals surface area contributed by atoms with E-state index in [2.05, 4.69) is 25.5 Å². The first-order valence-electron chi connectivity index (χ1n) is 10.4. The Hall–Kier alpha value is -2.83. The van der Waals surface area contributed by atoms with Gasteiger partial charge < -0.3 is 20.3 Å². The molecule has 4 rings (SSSR count). The molecule has 7 heteroatoms. The topological polar surface area (TPSA) is 79.4 Å². The van der Waals surface area contributed by atoms with Crippen LogP contribution in [0.15, 0.2) is 36.7 Å². The number of benzene rings is 1. The first kappa shape index (κ1) is 19.5. The van der Waals surface area contributed by atoms with Gasteiger partial charge in [0.2, 0.25) is 11.9 Å². The summed E-state index contributed by atoms with van der Waals surface area (Å²) in [5.41, 5.74) is 2.10. The summed E-state index contributed by atoms with van der Waals surface area (Å²) in [6, 6.07) is 8.48. The number of carbonyl (C=O) groups excluding carboxylic acids is 1. The number of anilines is 2. The average Bonchev–Trinajstić information content (AvgIpc) is 3.14. The maximum Gasteiger partial charge on any atom is 0.222 e. The quantitative estimate of drug-likeness (QED) is 0.749. The lowest BCUT2D eigenvalue weighted by Crippen LogP contribution is -2.28. The van der Waals surface area contributed by atoms with Gasteiger partial charge in [0.1, 0.15) is 11.9 Å². The maximum atomic E-state index is 11.2. The maximum absolute atomic E-state index is 11.2. The summed E-state index contributed by atoms with van der Waals surface area (Å²) >= 11 is 0. The minimum Gasteiger partial charge on any atom is -0.489 e. The van der Waals surface area contributed by atoms with Crippen molar-refractivity contribution in [3.05, 3.63) is 42.2 Å². The molecule has 1 amide bonds. The molecule has 7 nitrogen and oxygen atoms in total. The highest BCUT2D eigenvalue weighted by Gasteiger charge is 2.25. The molecule has 29 heavy (non-hydrogen) atoms. The van der Waals surface area contributed by atoms with Crippen LogP contribution >= 0.6 is 0 Å². The fourth-order valence-corrected chi connectivity index (χ4v) is 3.77. The van der Waals surface area contributed by atoms with E-state index >= 15 is 0 Å². The summed E-state index contributed by atoms with van der Waals surface area (Å²) in [5.74, 6) is 1.55. The number of amides is 1. The van der Waals surface area contributed by atoms with Gasteiger partial charge in [0.15, 0.2) is 0 Å². The largest absolute Gasteiger partial charge is 0.489 e. The molecule has 154 valence electrons. The summed E-state index contributed by atoms with van der Waals surface area (Å²) in [4.78, 5) is 22.4. The molecule has 1 aliphatic heterocycles. The number of nitrogens with zero attached hydrogens (tertiary/aromatic N) is 3. The second kappa shape index (κ2) is 8.68. The van der Waals surface area contributed by atoms with Crippen LogP contribution in [0.2, 0.25) is 0 Å². The van der Waals surface area contributed by atoms with Crippen LogP contribution in [0.5, 0.6) is 5.75 Å². The molecule has 0 bridgehead atoms. The summed E-state index contributed by atoms with van der Waals surface area (Å²) in [6.07, 6.45) is 8.62. The highest BCUT2D eigenvalue weighted by molar-refractivity contribution is 5.73. The number of aromatic nitrogens is 2. The molecule has 1 aromatic carbocycles. The van der Waals surface area contributed by atoms with Crippen molar-refractivity contribution in [1.29, 1.82) is 0 Å². The average molecular weight is 396 g/mol. The van der Waals surface area contributed by atoms with Gasteiger partial charge in [-0.2, -0.15) is 0 Å². The van der Waals surface area contributed by atoms with Crippen molar-refractivity contribution in [2.75, 3.05) is 23.3 Å². The van der Waals surface area contributed by atoms with Crippen LogP contribution in [-0.4, -0.2) is 41.1 Å². The first-order chi connectivity index (χ1) is 14.1. The van der Waals surface area contributed by atoms with Gasteiger partial charge in [0.25, 0.3) is 0 Å². The van der Waals surface area contributed by atoms with Gasteiger partial charge in [-0.25, -0.2) is 9.97 Å². The number of nitrogens with one attached hydrogen (secondary N) is 2. The minimum atomic E-state index is -0.0281. The van der Waals surface area contributed by atoms with Crippen LogP contribution in [0, 0.1) is 0 Å². The third-order valence-electron chi connectivity index (χ3n) is 5.69. The molecular formula is C22H29N5O2. The lowest BCUT2D eigenvalue weighted by atomic mass is 9.93. The molecule has 2 fully saturated rings. The third-order valence-corrected chi connectivity index (χ3v) is 5.69. The molecule has 2 heterocycles. The van der Waals surface area contributed by atoms with Crippen molar-refractivity contribution >= 4 is 17.5 Å². The fraction of sp³-hybridized carbons (Fsp3) is 0.500. The Labute approximate surface area is 171 Å². The summed E-state index contributed by atoms with van der Waals surface area (Å²) < 4.78 is 6.16. The number of hydrogen-bond acceptors (Lipinski definition) is 6. The summed E-state index contributed by atoms with van der Waals surface area (Å²) in [7, 11) is 0. The molecule has 2 atom stereocenters. The van der Waals surface area contributed by atoms with E-state index in [9.17, 15) is 4.79 Å². The predicted octanol–water partition coefficient (Wildman–Crippen LogP) is 3.30. The van der Waals surface area contributed by atoms with Gasteiger partial charge in [-0.1, -0.05) is 12.1 Å². The summed E-state index contributed by atoms with van der Waals surface area (Å²) in [6.45, 7) is 5.26. The monoisotopic (exact) mass is 395 g/mol. The van der Waals surface area contributed by atoms with Crippen LogP contribution in [0.4, 0.5) is 11.6 Å². The molecule has 1 saturated heterocycles. The van der Waals surface area contributed by atoms with E-state index in [1.54, 1.807) is 0 Å². The molecule has 1 unspecified atom stereocenters. The predicted molar refractivity (Wildman–Crippen MR) is 113 cm³/mol. The van der Waals surface area contributed by atoms with Crippen LogP contribution < -0.4 is 20.3 Å². The third kappa shape index (κ3) is 4.96. The highest BCUT2D eigenvalue weighted by Crippen LogP contribution is 2.25. The van der Waals surface area contributed by atoms with Gasteiger partial charge in [0.05, 0.1) is 30.7 Å². The fourth-order valence-electron chi connectivity index (χ4n) is 3.77. The van der Waals surface area contributed by atoms with E-state index < -0.39 is 0 Å². The van der Waals surface area contributed by atoms with E-state index in [-0.39, 0.29) is 18.1 Å². The molecule has 2 aliphatic rings. The van der Waals surface area contributed by atoms with Crippen molar-refractivity contribution in [1.82, 2.24) is 15.3 Å². The first-order valence-corrected chi connectivity index (χ1v) is 10.4. The zero-order chi connectivity index (χ0) is 20.2. The normalized spacial score (nSPS) is 20.1. The van der Waals surface area contributed by atoms with E-state index in [0.29, 0.717) is 6.04 Å². The molecule has 0 spiro atoms. The lowest BCUT2D eigenvalue weighted by molar-refractivity contribution is -0.119. The van der Waals surface area contributed by atoms with Crippen LogP contribution in [0.3, 0.4) is 0 Å². The van der Waals surface area contributed by atoms with E-state index in [1.807, 2.05) is 43.6 Å². The highest BCUT2D eigenvalue weighted by atomic mass is 16.5. The summed E-state index contributed by atoms with van der Waals surface area (Å²) in [5, 5.41) is 6.27. The van der Waals surface area contributed by atoms with E-state index in [1.165, 1.54) is 26.2 Å². The molecule has 1 saturated carbocycles. The zero-order valence-corrected chi connectivity index (χ0v) is 17.1. The molecule has 1 aliphatic carbocycles. The van der Waals surface area contributed by atoms with E-state index in [4.69, 9.17) is 4.74 Å². The van der Waals surface area contributed by atoms with Gasteiger partial charge >= 0.3 is 0 Å². The Morgan fingerprint density at radius 2 is 1.90 bits per heavy atom. The van der Waals surface area contributed by atoms with Crippen molar-refractivity contribution in [3.63, 3.8) is 0 Å². The second-order valence-electron chi connectivity index (χ2n) is 8.00. The van der Waals surface area contributed by atoms with E-state index in [0.717, 1.165) is 42.5 Å². The molecular weight excluding hydrogens is 366 g/mol. The zero-order valence-electron chi connectivity index (χ0n) is 17.1. The lowest BCUT2D eigenvalue weighted by Gasteiger charge is -2.26. The van der Waals surface area contributed by atoms with Gasteiger partial charge in [-0.3, -0.25) is 4.79 Å². The Morgan fingerprint density at radius 3 is 2.52 bits per heavy atom. The van der Waals surface area contributed by atoms with Crippen LogP contribution in [-0.2, 0) is 4.79 Å². The number of ether oxygens (including phenoxy) is 1. The molecule has 0 radical (unpaired) electrons. The smallest absolute Gasteiger partial charge is 0.222 e. The van der Waals surface area contributed by atoms with Crippen molar-refractivity contribution < 1.29 is 9.53 Å². The van der Waals surface area contributed by atoms with Crippen molar-refractivity contribution in [2.24, 2.45) is 0 Å². The van der Waals surface area contributed by atoms with Gasteiger partial charge in [0, 0.05) is 25.9 Å². The Balaban J connectivity index is 1.29. The standard InChI is InChI=1S/C22H29N5O2/c1-15(25-16(2)28)17-6-8-20(9-7-17)29-21-10-11-27(14-21)19-12-23-22(24-13-19)26-18-4-3-5-18/h6-9,12-13,15,18,21H,3-5,10-11,14H2,1-2H3,(H,25,28)(H,23,24,26)/t15-,21?/m0/s1. The van der Waals surface area contributed by atoms with Gasteiger partial charge in [-0.15, -0.1) is 0 Å². The number of carbonyl (C=O) groups is 1. The molecule has 2 N–H and O–H groups in total. The van der Waals surface area contributed by atoms with Gasteiger partial charge in [-0.05, 0) is 43.9 Å². The Morgan fingerprint density at radius 1 is 1.17 bits per heavy atom. The van der Waals surface area contributed by atoms with Crippen molar-refractivity contribution in [3.8, 4) is 5.75 Å². The number of rotatable bonds is 7. The minimum absolute atomic E-state index is 0.00900. The SMILES string of the molecule is CC(=O)N[C@@H](C)c1ccc(OC2CCN(c3cnc(NC4CCC4)nc3)C2)cc1. The van der Waals surface area contributed by atoms with Crippen molar-refractivity contribution in [2.45, 2.75) is 57.7 Å². The molecule has 1 aromatic heterocycles. The molecule has 2 aromatic rings. The number of hydrogen-bond donors (Lipinski definition) is 2.